The zero-order valence-electron chi connectivity index (χ0n) is 9.64. The van der Waals surface area contributed by atoms with E-state index in [1.54, 1.807) is 6.20 Å². The second-order valence-corrected chi connectivity index (χ2v) is 5.01. The predicted octanol–water partition coefficient (Wildman–Crippen LogP) is 2.65. The largest absolute Gasteiger partial charge is 0.488 e. The van der Waals surface area contributed by atoms with Crippen LogP contribution in [0.2, 0.25) is 0 Å². The number of para-hydroxylation sites is 1. The molecule has 1 atom stereocenters. The minimum Gasteiger partial charge on any atom is -0.488 e. The Hall–Kier alpha value is -1.62. The summed E-state index contributed by atoms with van der Waals surface area (Å²) >= 11 is 3.41. The first-order chi connectivity index (χ1) is 8.83. The van der Waals surface area contributed by atoms with E-state index in [1.165, 1.54) is 11.9 Å². The van der Waals surface area contributed by atoms with Gasteiger partial charge in [-0.25, -0.2) is 9.97 Å². The number of hydrogen-bond donors (Lipinski definition) is 1. The molecule has 1 aliphatic heterocycles. The van der Waals surface area contributed by atoms with Crippen LogP contribution in [0.15, 0.2) is 41.3 Å². The van der Waals surface area contributed by atoms with Crippen LogP contribution in [0.3, 0.4) is 0 Å². The molecule has 0 spiro atoms. The fourth-order valence-electron chi connectivity index (χ4n) is 2.02. The minimum absolute atomic E-state index is 0.157. The average molecular weight is 306 g/mol. The Bertz CT molecular complexity index is 536. The minimum atomic E-state index is 0.157. The molecule has 18 heavy (non-hydrogen) atoms. The highest BCUT2D eigenvalue weighted by Crippen LogP contribution is 2.28. The topological polar surface area (TPSA) is 47.0 Å². The highest BCUT2D eigenvalue weighted by molar-refractivity contribution is 9.10. The first kappa shape index (κ1) is 11.5. The van der Waals surface area contributed by atoms with Crippen molar-refractivity contribution in [1.82, 2.24) is 9.97 Å². The van der Waals surface area contributed by atoms with Crippen molar-refractivity contribution in [2.24, 2.45) is 0 Å². The van der Waals surface area contributed by atoms with Crippen LogP contribution < -0.4 is 10.1 Å². The average Bonchev–Trinajstić information content (AvgIpc) is 2.80. The van der Waals surface area contributed by atoms with Gasteiger partial charge < -0.3 is 10.1 Å². The molecule has 4 nitrogen and oxygen atoms in total. The number of fused-ring (bicyclic) bond motifs is 1. The van der Waals surface area contributed by atoms with Gasteiger partial charge in [-0.3, -0.25) is 0 Å². The molecule has 3 rings (SSSR count). The molecule has 92 valence electrons. The zero-order valence-corrected chi connectivity index (χ0v) is 11.2. The summed E-state index contributed by atoms with van der Waals surface area (Å²) in [6, 6.07) is 8.15. The van der Waals surface area contributed by atoms with Crippen LogP contribution in [0.25, 0.3) is 0 Å². The molecule has 0 fully saturated rings. The highest BCUT2D eigenvalue weighted by Gasteiger charge is 2.22. The second-order valence-electron chi connectivity index (χ2n) is 4.15. The Morgan fingerprint density at radius 3 is 3.11 bits per heavy atom. The van der Waals surface area contributed by atoms with Crippen molar-refractivity contribution < 1.29 is 4.74 Å². The van der Waals surface area contributed by atoms with E-state index >= 15 is 0 Å². The monoisotopic (exact) mass is 305 g/mol. The SMILES string of the molecule is Brc1cncnc1NCC1Cc2ccccc2O1. The van der Waals surface area contributed by atoms with Crippen LogP contribution in [0.4, 0.5) is 5.82 Å². The summed E-state index contributed by atoms with van der Waals surface area (Å²) in [5.74, 6) is 1.79. The third kappa shape index (κ3) is 2.31. The molecular weight excluding hydrogens is 294 g/mol. The molecule has 1 aromatic heterocycles. The van der Waals surface area contributed by atoms with Gasteiger partial charge in [-0.15, -0.1) is 0 Å². The summed E-state index contributed by atoms with van der Waals surface area (Å²) in [5, 5.41) is 3.27. The number of aromatic nitrogens is 2. The van der Waals surface area contributed by atoms with E-state index in [0.29, 0.717) is 0 Å². The van der Waals surface area contributed by atoms with Crippen molar-refractivity contribution >= 4 is 21.7 Å². The summed E-state index contributed by atoms with van der Waals surface area (Å²) in [5.41, 5.74) is 1.27. The maximum atomic E-state index is 5.85. The number of rotatable bonds is 3. The van der Waals surface area contributed by atoms with Crippen molar-refractivity contribution in [3.63, 3.8) is 0 Å². The zero-order chi connectivity index (χ0) is 12.4. The van der Waals surface area contributed by atoms with Gasteiger partial charge in [0.25, 0.3) is 0 Å². The van der Waals surface area contributed by atoms with E-state index < -0.39 is 0 Å². The van der Waals surface area contributed by atoms with Crippen LogP contribution in [-0.2, 0) is 6.42 Å². The maximum absolute atomic E-state index is 5.85. The van der Waals surface area contributed by atoms with Crippen molar-refractivity contribution in [3.8, 4) is 5.75 Å². The van der Waals surface area contributed by atoms with Gasteiger partial charge in [0.1, 0.15) is 24.0 Å². The quantitative estimate of drug-likeness (QED) is 0.947. The lowest BCUT2D eigenvalue weighted by Gasteiger charge is -2.12. The second kappa shape index (κ2) is 4.94. The van der Waals surface area contributed by atoms with Gasteiger partial charge >= 0.3 is 0 Å². The molecule has 0 bridgehead atoms. The number of ether oxygens (including phenoxy) is 1. The van der Waals surface area contributed by atoms with Gasteiger partial charge in [0.15, 0.2) is 0 Å². The van der Waals surface area contributed by atoms with E-state index in [-0.39, 0.29) is 6.10 Å². The molecule has 1 aromatic carbocycles. The Morgan fingerprint density at radius 2 is 2.28 bits per heavy atom. The first-order valence-corrected chi connectivity index (χ1v) is 6.56. The van der Waals surface area contributed by atoms with Gasteiger partial charge in [0.05, 0.1) is 11.0 Å². The molecule has 1 unspecified atom stereocenters. The lowest BCUT2D eigenvalue weighted by Crippen LogP contribution is -2.24. The van der Waals surface area contributed by atoms with E-state index in [2.05, 4.69) is 37.3 Å². The van der Waals surface area contributed by atoms with Crippen molar-refractivity contribution in [1.29, 1.82) is 0 Å². The van der Waals surface area contributed by atoms with Gasteiger partial charge in [0.2, 0.25) is 0 Å². The molecule has 0 radical (unpaired) electrons. The Kier molecular flexibility index (Phi) is 3.15. The van der Waals surface area contributed by atoms with E-state index in [1.807, 2.05) is 18.2 Å². The fraction of sp³-hybridized carbons (Fsp3) is 0.231. The molecule has 1 aliphatic rings. The van der Waals surface area contributed by atoms with Gasteiger partial charge in [0, 0.05) is 12.6 Å². The lowest BCUT2D eigenvalue weighted by atomic mass is 10.1. The van der Waals surface area contributed by atoms with Crippen LogP contribution in [0, 0.1) is 0 Å². The third-order valence-corrected chi connectivity index (χ3v) is 3.46. The molecule has 0 saturated carbocycles. The molecule has 0 saturated heterocycles. The van der Waals surface area contributed by atoms with E-state index in [0.717, 1.165) is 29.0 Å². The normalized spacial score (nSPS) is 17.1. The molecule has 1 N–H and O–H groups in total. The molecule has 5 heteroatoms. The fourth-order valence-corrected chi connectivity index (χ4v) is 2.38. The Labute approximate surface area is 114 Å². The third-order valence-electron chi connectivity index (χ3n) is 2.88. The lowest BCUT2D eigenvalue weighted by molar-refractivity contribution is 0.246. The van der Waals surface area contributed by atoms with E-state index in [4.69, 9.17) is 4.74 Å². The summed E-state index contributed by atoms with van der Waals surface area (Å²) in [6.45, 7) is 0.726. The van der Waals surface area contributed by atoms with Crippen LogP contribution in [0.1, 0.15) is 5.56 Å². The number of nitrogens with one attached hydrogen (secondary N) is 1. The number of nitrogens with zero attached hydrogens (tertiary/aromatic N) is 2. The number of hydrogen-bond acceptors (Lipinski definition) is 4. The first-order valence-electron chi connectivity index (χ1n) is 5.77. The highest BCUT2D eigenvalue weighted by atomic mass is 79.9. The maximum Gasteiger partial charge on any atom is 0.143 e. The van der Waals surface area contributed by atoms with Gasteiger partial charge in [-0.1, -0.05) is 18.2 Å². The van der Waals surface area contributed by atoms with E-state index in [9.17, 15) is 0 Å². The van der Waals surface area contributed by atoms with Gasteiger partial charge in [-0.05, 0) is 27.6 Å². The van der Waals surface area contributed by atoms with Gasteiger partial charge in [-0.2, -0.15) is 0 Å². The number of benzene rings is 1. The molecule has 0 aliphatic carbocycles. The molecule has 0 amide bonds. The van der Waals surface area contributed by atoms with Crippen molar-refractivity contribution in [3.05, 3.63) is 46.8 Å². The summed E-state index contributed by atoms with van der Waals surface area (Å²) in [7, 11) is 0. The summed E-state index contributed by atoms with van der Waals surface area (Å²) in [6.07, 6.45) is 4.34. The molecule has 2 heterocycles. The Balaban J connectivity index is 1.62. The summed E-state index contributed by atoms with van der Waals surface area (Å²) in [4.78, 5) is 8.09. The van der Waals surface area contributed by atoms with Crippen LogP contribution in [0.5, 0.6) is 5.75 Å². The van der Waals surface area contributed by atoms with Crippen LogP contribution in [-0.4, -0.2) is 22.6 Å². The Morgan fingerprint density at radius 1 is 1.39 bits per heavy atom. The summed E-state index contributed by atoms with van der Waals surface area (Å²) < 4.78 is 6.71. The van der Waals surface area contributed by atoms with Crippen LogP contribution >= 0.6 is 15.9 Å². The number of anilines is 1. The molecular formula is C13H12BrN3O. The molecule has 2 aromatic rings. The number of halogens is 1. The predicted molar refractivity (Wildman–Crippen MR) is 72.8 cm³/mol. The standard InChI is InChI=1S/C13H12BrN3O/c14-11-7-15-8-17-13(11)16-6-10-5-9-3-1-2-4-12(9)18-10/h1-4,7-8,10H,5-6H2,(H,15,16,17). The van der Waals surface area contributed by atoms with Crippen molar-refractivity contribution in [2.45, 2.75) is 12.5 Å². The smallest absolute Gasteiger partial charge is 0.143 e. The van der Waals surface area contributed by atoms with Crippen molar-refractivity contribution in [2.75, 3.05) is 11.9 Å².